The molecule has 0 aromatic carbocycles. The summed E-state index contributed by atoms with van der Waals surface area (Å²) in [7, 11) is 0. The summed E-state index contributed by atoms with van der Waals surface area (Å²) in [5.41, 5.74) is 0.0817. The topological polar surface area (TPSA) is 92.3 Å². The standard InChI is InChI=1S/C12H13ClN4O3/c1-3-8-12(20)16-9(19)4-17(8)11-7(5-18)10(13)14-6(2)15-11/h5,8H,3-4H2,1-2H3,(H,16,19,20). The first-order valence-corrected chi connectivity index (χ1v) is 6.45. The summed E-state index contributed by atoms with van der Waals surface area (Å²) in [5.74, 6) is -0.270. The predicted octanol–water partition coefficient (Wildman–Crippen LogP) is 0.492. The lowest BCUT2D eigenvalue weighted by atomic mass is 10.1. The van der Waals surface area contributed by atoms with Crippen LogP contribution in [0.1, 0.15) is 29.5 Å². The third-order valence-corrected chi connectivity index (χ3v) is 3.31. The molecule has 0 radical (unpaired) electrons. The van der Waals surface area contributed by atoms with Gasteiger partial charge in [0.2, 0.25) is 11.8 Å². The van der Waals surface area contributed by atoms with Crippen LogP contribution in [0.15, 0.2) is 0 Å². The van der Waals surface area contributed by atoms with E-state index in [-0.39, 0.29) is 23.1 Å². The van der Waals surface area contributed by atoms with Gasteiger partial charge >= 0.3 is 0 Å². The number of aldehydes is 1. The second-order valence-electron chi connectivity index (χ2n) is 4.38. The number of nitrogens with zero attached hydrogens (tertiary/aromatic N) is 3. The summed E-state index contributed by atoms with van der Waals surface area (Å²) in [5, 5.41) is 2.27. The monoisotopic (exact) mass is 296 g/mol. The third-order valence-electron chi connectivity index (χ3n) is 3.02. The van der Waals surface area contributed by atoms with Crippen molar-refractivity contribution >= 4 is 35.5 Å². The lowest BCUT2D eigenvalue weighted by molar-refractivity contribution is -0.132. The number of aryl methyl sites for hydroxylation is 1. The fourth-order valence-corrected chi connectivity index (χ4v) is 2.40. The number of amides is 2. The number of piperazine rings is 1. The molecule has 1 aliphatic heterocycles. The molecule has 106 valence electrons. The van der Waals surface area contributed by atoms with Crippen LogP contribution in [0.5, 0.6) is 0 Å². The van der Waals surface area contributed by atoms with E-state index in [0.717, 1.165) is 0 Å². The molecule has 0 spiro atoms. The van der Waals surface area contributed by atoms with Crippen molar-refractivity contribution in [3.63, 3.8) is 0 Å². The van der Waals surface area contributed by atoms with E-state index in [4.69, 9.17) is 11.6 Å². The molecular weight excluding hydrogens is 284 g/mol. The van der Waals surface area contributed by atoms with Gasteiger partial charge in [0.25, 0.3) is 0 Å². The van der Waals surface area contributed by atoms with Crippen molar-refractivity contribution in [1.82, 2.24) is 15.3 Å². The number of aromatic nitrogens is 2. The van der Waals surface area contributed by atoms with Gasteiger partial charge in [0.1, 0.15) is 22.8 Å². The molecule has 2 rings (SSSR count). The number of hydrogen-bond donors (Lipinski definition) is 1. The number of halogens is 1. The molecule has 1 aromatic rings. The van der Waals surface area contributed by atoms with Crippen LogP contribution in [0.3, 0.4) is 0 Å². The van der Waals surface area contributed by atoms with Crippen molar-refractivity contribution in [2.24, 2.45) is 0 Å². The van der Waals surface area contributed by atoms with Gasteiger partial charge in [-0.15, -0.1) is 0 Å². The van der Waals surface area contributed by atoms with Gasteiger partial charge < -0.3 is 4.90 Å². The van der Waals surface area contributed by atoms with Gasteiger partial charge in [-0.25, -0.2) is 9.97 Å². The Hall–Kier alpha value is -2.02. The van der Waals surface area contributed by atoms with E-state index in [1.165, 1.54) is 4.90 Å². The average Bonchev–Trinajstić information content (AvgIpc) is 2.37. The Labute approximate surface area is 120 Å². The normalized spacial score (nSPS) is 18.9. The summed E-state index contributed by atoms with van der Waals surface area (Å²) < 4.78 is 0. The summed E-state index contributed by atoms with van der Waals surface area (Å²) in [6.07, 6.45) is 0.999. The fourth-order valence-electron chi connectivity index (χ4n) is 2.15. The van der Waals surface area contributed by atoms with E-state index in [1.807, 2.05) is 6.92 Å². The summed E-state index contributed by atoms with van der Waals surface area (Å²) in [6.45, 7) is 3.37. The van der Waals surface area contributed by atoms with Gasteiger partial charge in [-0.05, 0) is 13.3 Å². The zero-order valence-electron chi connectivity index (χ0n) is 11.0. The van der Waals surface area contributed by atoms with E-state index in [0.29, 0.717) is 18.5 Å². The smallest absolute Gasteiger partial charge is 0.249 e. The van der Waals surface area contributed by atoms with Crippen LogP contribution < -0.4 is 10.2 Å². The molecule has 1 aliphatic rings. The molecular formula is C12H13ClN4O3. The van der Waals surface area contributed by atoms with Crippen molar-refractivity contribution in [2.75, 3.05) is 11.4 Å². The van der Waals surface area contributed by atoms with Crippen molar-refractivity contribution in [2.45, 2.75) is 26.3 Å². The number of anilines is 1. The third kappa shape index (κ3) is 2.49. The van der Waals surface area contributed by atoms with Gasteiger partial charge in [-0.1, -0.05) is 18.5 Å². The number of nitrogens with one attached hydrogen (secondary N) is 1. The quantitative estimate of drug-likeness (QED) is 0.496. The number of rotatable bonds is 3. The highest BCUT2D eigenvalue weighted by Gasteiger charge is 2.35. The molecule has 1 saturated heterocycles. The van der Waals surface area contributed by atoms with Crippen LogP contribution >= 0.6 is 11.6 Å². The summed E-state index contributed by atoms with van der Waals surface area (Å²) >= 11 is 5.92. The van der Waals surface area contributed by atoms with Crippen molar-refractivity contribution in [3.8, 4) is 0 Å². The van der Waals surface area contributed by atoms with Gasteiger partial charge in [0.05, 0.1) is 12.1 Å². The van der Waals surface area contributed by atoms with Crippen LogP contribution in [-0.4, -0.2) is 40.7 Å². The molecule has 2 heterocycles. The van der Waals surface area contributed by atoms with Crippen molar-refractivity contribution in [3.05, 3.63) is 16.5 Å². The molecule has 1 N–H and O–H groups in total. The van der Waals surface area contributed by atoms with Crippen LogP contribution in [0.2, 0.25) is 5.15 Å². The first-order valence-electron chi connectivity index (χ1n) is 6.07. The van der Waals surface area contributed by atoms with Gasteiger partial charge in [-0.2, -0.15) is 0 Å². The highest BCUT2D eigenvalue weighted by atomic mass is 35.5. The lowest BCUT2D eigenvalue weighted by Crippen LogP contribution is -2.58. The molecule has 20 heavy (non-hydrogen) atoms. The highest BCUT2D eigenvalue weighted by Crippen LogP contribution is 2.26. The minimum Gasteiger partial charge on any atom is -0.335 e. The maximum atomic E-state index is 11.9. The zero-order chi connectivity index (χ0) is 14.9. The number of imide groups is 1. The Bertz CT molecular complexity index is 590. The molecule has 0 saturated carbocycles. The summed E-state index contributed by atoms with van der Waals surface area (Å²) in [4.78, 5) is 44.1. The van der Waals surface area contributed by atoms with Crippen LogP contribution in [0, 0.1) is 6.92 Å². The fraction of sp³-hybridized carbons (Fsp3) is 0.417. The molecule has 0 aliphatic carbocycles. The Morgan fingerprint density at radius 3 is 2.75 bits per heavy atom. The zero-order valence-corrected chi connectivity index (χ0v) is 11.8. The molecule has 2 amide bonds. The molecule has 1 aromatic heterocycles. The van der Waals surface area contributed by atoms with Crippen LogP contribution in [-0.2, 0) is 9.59 Å². The summed E-state index contributed by atoms with van der Waals surface area (Å²) in [6, 6.07) is -0.572. The molecule has 7 nitrogen and oxygen atoms in total. The number of carbonyl (C=O) groups excluding carboxylic acids is 3. The van der Waals surface area contributed by atoms with Crippen molar-refractivity contribution < 1.29 is 14.4 Å². The van der Waals surface area contributed by atoms with Gasteiger partial charge in [-0.3, -0.25) is 19.7 Å². The first-order chi connectivity index (χ1) is 9.47. The Kier molecular flexibility index (Phi) is 3.99. The average molecular weight is 297 g/mol. The second-order valence-corrected chi connectivity index (χ2v) is 4.74. The second kappa shape index (κ2) is 5.54. The number of carbonyl (C=O) groups is 3. The largest absolute Gasteiger partial charge is 0.335 e. The van der Waals surface area contributed by atoms with Crippen molar-refractivity contribution in [1.29, 1.82) is 0 Å². The Morgan fingerprint density at radius 1 is 1.45 bits per heavy atom. The number of hydrogen-bond acceptors (Lipinski definition) is 6. The first kappa shape index (κ1) is 14.4. The molecule has 1 atom stereocenters. The highest BCUT2D eigenvalue weighted by molar-refractivity contribution is 6.32. The maximum Gasteiger partial charge on any atom is 0.249 e. The molecule has 0 bridgehead atoms. The predicted molar refractivity (Wildman–Crippen MR) is 71.7 cm³/mol. The molecule has 8 heteroatoms. The van der Waals surface area contributed by atoms with Crippen LogP contribution in [0.25, 0.3) is 0 Å². The minimum absolute atomic E-state index is 0.00998. The van der Waals surface area contributed by atoms with Crippen LogP contribution in [0.4, 0.5) is 5.82 Å². The maximum absolute atomic E-state index is 11.9. The Morgan fingerprint density at radius 2 is 2.15 bits per heavy atom. The SMILES string of the molecule is CCC1C(=O)NC(=O)CN1c1nc(C)nc(Cl)c1C=O. The van der Waals surface area contributed by atoms with Gasteiger partial charge in [0, 0.05) is 0 Å². The lowest BCUT2D eigenvalue weighted by Gasteiger charge is -2.34. The minimum atomic E-state index is -0.572. The van der Waals surface area contributed by atoms with E-state index in [2.05, 4.69) is 15.3 Å². The van der Waals surface area contributed by atoms with E-state index < -0.39 is 17.9 Å². The molecule has 1 fully saturated rings. The Balaban J connectivity index is 2.55. The van der Waals surface area contributed by atoms with E-state index in [1.54, 1.807) is 6.92 Å². The molecule has 1 unspecified atom stereocenters. The van der Waals surface area contributed by atoms with E-state index >= 15 is 0 Å². The van der Waals surface area contributed by atoms with Gasteiger partial charge in [0.15, 0.2) is 6.29 Å². The van der Waals surface area contributed by atoms with E-state index in [9.17, 15) is 14.4 Å².